The molecule has 0 radical (unpaired) electrons. The molecule has 1 aliphatic heterocycles. The zero-order valence-electron chi connectivity index (χ0n) is 8.64. The molecule has 82 valence electrons. The Kier molecular flexibility index (Phi) is 2.59. The molecule has 2 heterocycles. The van der Waals surface area contributed by atoms with Crippen molar-refractivity contribution in [1.82, 2.24) is 9.55 Å². The van der Waals surface area contributed by atoms with Gasteiger partial charge < -0.3 is 20.7 Å². The van der Waals surface area contributed by atoms with E-state index in [1.54, 1.807) is 6.33 Å². The second-order valence-electron chi connectivity index (χ2n) is 3.53. The minimum absolute atomic E-state index is 0.356. The van der Waals surface area contributed by atoms with Crippen molar-refractivity contribution in [3.63, 3.8) is 0 Å². The number of hydrogen-bond acceptors (Lipinski definition) is 5. The standard InChI is InChI=1S/C9H15N5O/c1-2-6(15)3-14-5-13-7-8(10)11-4-12-9(7)14/h5-6,12,15H,2-4H2,1H3,(H2,10,11). The molecule has 0 fully saturated rings. The molecule has 0 amide bonds. The van der Waals surface area contributed by atoms with Gasteiger partial charge in [-0.25, -0.2) is 9.98 Å². The number of amidine groups is 1. The Morgan fingerprint density at radius 2 is 2.53 bits per heavy atom. The highest BCUT2D eigenvalue weighted by atomic mass is 16.3. The minimum atomic E-state index is -0.356. The van der Waals surface area contributed by atoms with Crippen molar-refractivity contribution in [2.24, 2.45) is 10.7 Å². The molecular weight excluding hydrogens is 194 g/mol. The summed E-state index contributed by atoms with van der Waals surface area (Å²) in [5.74, 6) is 1.29. The number of rotatable bonds is 3. The normalized spacial score (nSPS) is 16.5. The lowest BCUT2D eigenvalue weighted by molar-refractivity contribution is 0.150. The monoisotopic (exact) mass is 209 g/mol. The van der Waals surface area contributed by atoms with E-state index in [0.29, 0.717) is 24.7 Å². The lowest BCUT2D eigenvalue weighted by atomic mass is 10.3. The largest absolute Gasteiger partial charge is 0.391 e. The number of hydrogen-bond donors (Lipinski definition) is 3. The molecule has 0 saturated heterocycles. The van der Waals surface area contributed by atoms with E-state index < -0.39 is 0 Å². The average Bonchev–Trinajstić information content (AvgIpc) is 2.63. The first-order chi connectivity index (χ1) is 7.22. The molecule has 6 nitrogen and oxygen atoms in total. The van der Waals surface area contributed by atoms with E-state index in [0.717, 1.165) is 12.2 Å². The van der Waals surface area contributed by atoms with Crippen LogP contribution in [0.5, 0.6) is 0 Å². The Hall–Kier alpha value is -1.56. The van der Waals surface area contributed by atoms with Gasteiger partial charge in [0.2, 0.25) is 0 Å². The van der Waals surface area contributed by atoms with Crippen LogP contribution in [0, 0.1) is 0 Å². The number of nitrogens with one attached hydrogen (secondary N) is 1. The summed E-state index contributed by atoms with van der Waals surface area (Å²) in [6.07, 6.45) is 2.03. The van der Waals surface area contributed by atoms with Gasteiger partial charge in [-0.2, -0.15) is 0 Å². The number of nitrogens with zero attached hydrogens (tertiary/aromatic N) is 3. The van der Waals surface area contributed by atoms with Gasteiger partial charge in [0.25, 0.3) is 0 Å². The number of nitrogens with two attached hydrogens (primary N) is 1. The molecule has 0 bridgehead atoms. The van der Waals surface area contributed by atoms with E-state index in [-0.39, 0.29) is 6.10 Å². The molecule has 0 saturated carbocycles. The van der Waals surface area contributed by atoms with Crippen LogP contribution in [0.3, 0.4) is 0 Å². The highest BCUT2D eigenvalue weighted by Crippen LogP contribution is 2.17. The summed E-state index contributed by atoms with van der Waals surface area (Å²) in [5, 5.41) is 12.7. The Bertz CT molecular complexity index is 384. The maximum absolute atomic E-state index is 9.56. The maximum atomic E-state index is 9.56. The van der Waals surface area contributed by atoms with Crippen LogP contribution in [0.4, 0.5) is 5.82 Å². The van der Waals surface area contributed by atoms with Crippen LogP contribution in [-0.2, 0) is 6.54 Å². The zero-order valence-corrected chi connectivity index (χ0v) is 8.64. The first-order valence-corrected chi connectivity index (χ1v) is 4.99. The summed E-state index contributed by atoms with van der Waals surface area (Å²) in [4.78, 5) is 8.19. The van der Waals surface area contributed by atoms with Crippen molar-refractivity contribution in [2.75, 3.05) is 12.0 Å². The Morgan fingerprint density at radius 3 is 3.27 bits per heavy atom. The topological polar surface area (TPSA) is 88.5 Å². The van der Waals surface area contributed by atoms with Gasteiger partial charge in [0.1, 0.15) is 24.0 Å². The van der Waals surface area contributed by atoms with Gasteiger partial charge >= 0.3 is 0 Å². The molecule has 4 N–H and O–H groups in total. The SMILES string of the molecule is CCC(O)Cn1cnc2c1NCN=C2N. The molecule has 0 aromatic carbocycles. The summed E-state index contributed by atoms with van der Waals surface area (Å²) < 4.78 is 1.87. The lowest BCUT2D eigenvalue weighted by Gasteiger charge is -2.16. The van der Waals surface area contributed by atoms with Gasteiger partial charge in [-0.05, 0) is 6.42 Å². The predicted octanol–water partition coefficient (Wildman–Crippen LogP) is -0.258. The zero-order chi connectivity index (χ0) is 10.8. The molecule has 1 aromatic heterocycles. The third-order valence-electron chi connectivity index (χ3n) is 2.45. The number of aliphatic imine (C=N–C) groups is 1. The van der Waals surface area contributed by atoms with E-state index in [2.05, 4.69) is 15.3 Å². The first-order valence-electron chi connectivity index (χ1n) is 4.99. The van der Waals surface area contributed by atoms with Crippen LogP contribution in [0.1, 0.15) is 19.0 Å². The average molecular weight is 209 g/mol. The molecule has 1 atom stereocenters. The minimum Gasteiger partial charge on any atom is -0.391 e. The van der Waals surface area contributed by atoms with Crippen molar-refractivity contribution >= 4 is 11.7 Å². The fourth-order valence-electron chi connectivity index (χ4n) is 1.52. The van der Waals surface area contributed by atoms with Crippen molar-refractivity contribution in [3.05, 3.63) is 12.0 Å². The van der Waals surface area contributed by atoms with E-state index in [9.17, 15) is 5.11 Å². The van der Waals surface area contributed by atoms with Gasteiger partial charge in [-0.15, -0.1) is 0 Å². The first kappa shape index (κ1) is 9.97. The summed E-state index contributed by atoms with van der Waals surface area (Å²) in [5.41, 5.74) is 6.37. The summed E-state index contributed by atoms with van der Waals surface area (Å²) in [6.45, 7) is 2.93. The Labute approximate surface area is 87.8 Å². The van der Waals surface area contributed by atoms with Crippen molar-refractivity contribution in [2.45, 2.75) is 26.0 Å². The smallest absolute Gasteiger partial charge is 0.150 e. The molecule has 15 heavy (non-hydrogen) atoms. The van der Waals surface area contributed by atoms with Crippen LogP contribution >= 0.6 is 0 Å². The fourth-order valence-corrected chi connectivity index (χ4v) is 1.52. The summed E-state index contributed by atoms with van der Waals surface area (Å²) in [7, 11) is 0. The predicted molar refractivity (Wildman–Crippen MR) is 57.7 cm³/mol. The summed E-state index contributed by atoms with van der Waals surface area (Å²) >= 11 is 0. The van der Waals surface area contributed by atoms with Crippen molar-refractivity contribution in [1.29, 1.82) is 0 Å². The second kappa shape index (κ2) is 3.90. The van der Waals surface area contributed by atoms with Crippen LogP contribution < -0.4 is 11.1 Å². The van der Waals surface area contributed by atoms with Crippen molar-refractivity contribution in [3.8, 4) is 0 Å². The lowest BCUT2D eigenvalue weighted by Crippen LogP contribution is -2.24. The molecule has 1 aliphatic rings. The second-order valence-corrected chi connectivity index (χ2v) is 3.53. The number of fused-ring (bicyclic) bond motifs is 1. The third-order valence-corrected chi connectivity index (χ3v) is 2.45. The van der Waals surface area contributed by atoms with Gasteiger partial charge in [0, 0.05) is 0 Å². The fraction of sp³-hybridized carbons (Fsp3) is 0.556. The van der Waals surface area contributed by atoms with Crippen LogP contribution in [0.25, 0.3) is 0 Å². The number of imidazole rings is 1. The van der Waals surface area contributed by atoms with Crippen molar-refractivity contribution < 1.29 is 5.11 Å². The number of aliphatic hydroxyl groups excluding tert-OH is 1. The number of aromatic nitrogens is 2. The van der Waals surface area contributed by atoms with Gasteiger partial charge in [0.15, 0.2) is 0 Å². The molecule has 6 heteroatoms. The molecular formula is C9H15N5O. The molecule has 1 unspecified atom stereocenters. The van der Waals surface area contributed by atoms with E-state index in [1.165, 1.54) is 0 Å². The van der Waals surface area contributed by atoms with Crippen LogP contribution in [0.2, 0.25) is 0 Å². The van der Waals surface area contributed by atoms with Gasteiger partial charge in [0.05, 0.1) is 19.0 Å². The molecule has 0 aliphatic carbocycles. The molecule has 2 rings (SSSR count). The van der Waals surface area contributed by atoms with E-state index in [1.807, 2.05) is 11.5 Å². The van der Waals surface area contributed by atoms with E-state index in [4.69, 9.17) is 5.73 Å². The number of aliphatic hydroxyl groups is 1. The maximum Gasteiger partial charge on any atom is 0.150 e. The van der Waals surface area contributed by atoms with Crippen LogP contribution in [-0.4, -0.2) is 33.3 Å². The van der Waals surface area contributed by atoms with Crippen LogP contribution in [0.15, 0.2) is 11.3 Å². The van der Waals surface area contributed by atoms with Gasteiger partial charge in [-0.1, -0.05) is 6.92 Å². The van der Waals surface area contributed by atoms with Gasteiger partial charge in [-0.3, -0.25) is 0 Å². The Morgan fingerprint density at radius 1 is 1.73 bits per heavy atom. The Balaban J connectivity index is 2.24. The number of anilines is 1. The summed E-state index contributed by atoms with van der Waals surface area (Å²) in [6, 6.07) is 0. The quantitative estimate of drug-likeness (QED) is 0.640. The molecule has 0 spiro atoms. The third kappa shape index (κ3) is 1.80. The molecule has 1 aromatic rings. The highest BCUT2D eigenvalue weighted by molar-refractivity contribution is 6.01. The highest BCUT2D eigenvalue weighted by Gasteiger charge is 2.18. The van der Waals surface area contributed by atoms with E-state index >= 15 is 0 Å².